The number of aromatic nitrogens is 2. The van der Waals surface area contributed by atoms with Gasteiger partial charge in [-0.2, -0.15) is 0 Å². The monoisotopic (exact) mass is 415 g/mol. The fourth-order valence-electron chi connectivity index (χ4n) is 1.42. The number of rotatable bonds is 5. The van der Waals surface area contributed by atoms with Crippen molar-refractivity contribution in [1.82, 2.24) is 9.97 Å². The number of amides is 1. The normalized spacial score (nSPS) is 10.3. The Morgan fingerprint density at radius 3 is 2.85 bits per heavy atom. The van der Waals surface area contributed by atoms with Gasteiger partial charge < -0.3 is 5.32 Å². The van der Waals surface area contributed by atoms with E-state index >= 15 is 0 Å². The molecule has 1 amide bonds. The first-order chi connectivity index (χ1) is 9.65. The van der Waals surface area contributed by atoms with Crippen molar-refractivity contribution < 1.29 is 4.79 Å². The van der Waals surface area contributed by atoms with Gasteiger partial charge in [-0.3, -0.25) is 9.78 Å². The van der Waals surface area contributed by atoms with E-state index in [4.69, 9.17) is 0 Å². The van der Waals surface area contributed by atoms with Crippen LogP contribution in [0.1, 0.15) is 5.69 Å². The minimum Gasteiger partial charge on any atom is -0.324 e. The summed E-state index contributed by atoms with van der Waals surface area (Å²) < 4.78 is 1.51. The summed E-state index contributed by atoms with van der Waals surface area (Å²) in [6.45, 7) is 0. The summed E-state index contributed by atoms with van der Waals surface area (Å²) >= 11 is 8.15. The SMILES string of the molecule is O=C(CSCc1ccccn1)Nc1cnc(Br)c(Br)c1. The quantitative estimate of drug-likeness (QED) is 0.751. The molecule has 7 heteroatoms. The van der Waals surface area contributed by atoms with Gasteiger partial charge in [0, 0.05) is 11.9 Å². The number of halogens is 2. The molecular weight excluding hydrogens is 406 g/mol. The molecule has 2 aromatic rings. The van der Waals surface area contributed by atoms with Crippen molar-refractivity contribution in [3.63, 3.8) is 0 Å². The number of nitrogens with zero attached hydrogens (tertiary/aromatic N) is 2. The Kier molecular flexibility index (Phi) is 6.00. The molecule has 0 fully saturated rings. The third kappa shape index (κ3) is 4.88. The predicted molar refractivity (Wildman–Crippen MR) is 88.7 cm³/mol. The molecule has 0 aliphatic rings. The van der Waals surface area contributed by atoms with E-state index in [0.717, 1.165) is 15.9 Å². The number of carbonyl (C=O) groups excluding carboxylic acids is 1. The Bertz CT molecular complexity index is 595. The lowest BCUT2D eigenvalue weighted by molar-refractivity contribution is -0.113. The van der Waals surface area contributed by atoms with Gasteiger partial charge in [-0.1, -0.05) is 6.07 Å². The van der Waals surface area contributed by atoms with Crippen LogP contribution in [0.4, 0.5) is 5.69 Å². The van der Waals surface area contributed by atoms with Crippen molar-refractivity contribution in [2.24, 2.45) is 0 Å². The molecule has 0 saturated heterocycles. The first-order valence-electron chi connectivity index (χ1n) is 5.73. The highest BCUT2D eigenvalue weighted by molar-refractivity contribution is 9.13. The molecule has 0 aromatic carbocycles. The fraction of sp³-hybridized carbons (Fsp3) is 0.154. The average molecular weight is 417 g/mol. The molecule has 0 spiro atoms. The first-order valence-corrected chi connectivity index (χ1v) is 8.48. The van der Waals surface area contributed by atoms with E-state index in [1.807, 2.05) is 18.2 Å². The van der Waals surface area contributed by atoms with Gasteiger partial charge in [-0.15, -0.1) is 11.8 Å². The van der Waals surface area contributed by atoms with Crippen LogP contribution in [-0.2, 0) is 10.5 Å². The number of carbonyl (C=O) groups is 1. The Balaban J connectivity index is 1.79. The van der Waals surface area contributed by atoms with Crippen LogP contribution in [0.15, 0.2) is 45.7 Å². The van der Waals surface area contributed by atoms with E-state index in [0.29, 0.717) is 16.0 Å². The van der Waals surface area contributed by atoms with Gasteiger partial charge in [0.1, 0.15) is 4.60 Å². The molecule has 2 heterocycles. The third-order valence-electron chi connectivity index (χ3n) is 2.29. The van der Waals surface area contributed by atoms with E-state index < -0.39 is 0 Å². The molecule has 0 atom stereocenters. The standard InChI is InChI=1S/C13H11Br2N3OS/c14-11-5-10(6-17-13(11)15)18-12(19)8-20-7-9-3-1-2-4-16-9/h1-6H,7-8H2,(H,18,19). The molecular formula is C13H11Br2N3OS. The second kappa shape index (κ2) is 7.75. The van der Waals surface area contributed by atoms with Crippen LogP contribution in [0.25, 0.3) is 0 Å². The van der Waals surface area contributed by atoms with Gasteiger partial charge in [0.05, 0.1) is 27.8 Å². The molecule has 2 aromatic heterocycles. The van der Waals surface area contributed by atoms with Crippen LogP contribution in [0.2, 0.25) is 0 Å². The van der Waals surface area contributed by atoms with E-state index in [1.165, 1.54) is 11.8 Å². The van der Waals surface area contributed by atoms with Crippen molar-refractivity contribution in [3.05, 3.63) is 51.4 Å². The lowest BCUT2D eigenvalue weighted by Gasteiger charge is -2.06. The Morgan fingerprint density at radius 1 is 1.30 bits per heavy atom. The number of pyridine rings is 2. The lowest BCUT2D eigenvalue weighted by atomic mass is 10.4. The largest absolute Gasteiger partial charge is 0.324 e. The summed E-state index contributed by atoms with van der Waals surface area (Å²) in [6, 6.07) is 7.56. The minimum atomic E-state index is -0.0537. The average Bonchev–Trinajstić information content (AvgIpc) is 2.44. The van der Waals surface area contributed by atoms with Crippen LogP contribution in [0.3, 0.4) is 0 Å². The zero-order chi connectivity index (χ0) is 14.4. The molecule has 4 nitrogen and oxygen atoms in total. The molecule has 0 saturated carbocycles. The summed E-state index contributed by atoms with van der Waals surface area (Å²) in [4.78, 5) is 20.1. The molecule has 0 aliphatic carbocycles. The highest BCUT2D eigenvalue weighted by Crippen LogP contribution is 2.23. The van der Waals surface area contributed by atoms with E-state index in [2.05, 4.69) is 47.1 Å². The zero-order valence-corrected chi connectivity index (χ0v) is 14.3. The van der Waals surface area contributed by atoms with Crippen molar-refractivity contribution in [2.45, 2.75) is 5.75 Å². The second-order valence-corrected chi connectivity index (χ2v) is 6.45. The molecule has 0 radical (unpaired) electrons. The minimum absolute atomic E-state index is 0.0537. The Morgan fingerprint density at radius 2 is 2.15 bits per heavy atom. The Labute approximate surface area is 138 Å². The highest BCUT2D eigenvalue weighted by Gasteiger charge is 2.05. The van der Waals surface area contributed by atoms with E-state index in [-0.39, 0.29) is 5.91 Å². The predicted octanol–water partition coefficient (Wildman–Crippen LogP) is 3.87. The smallest absolute Gasteiger partial charge is 0.234 e. The van der Waals surface area contributed by atoms with Crippen molar-refractivity contribution in [2.75, 3.05) is 11.1 Å². The van der Waals surface area contributed by atoms with Gasteiger partial charge in [0.15, 0.2) is 0 Å². The van der Waals surface area contributed by atoms with E-state index in [9.17, 15) is 4.79 Å². The molecule has 0 unspecified atom stereocenters. The lowest BCUT2D eigenvalue weighted by Crippen LogP contribution is -2.14. The van der Waals surface area contributed by atoms with Gasteiger partial charge >= 0.3 is 0 Å². The fourth-order valence-corrected chi connectivity index (χ4v) is 2.72. The summed E-state index contributed by atoms with van der Waals surface area (Å²) in [6.07, 6.45) is 3.36. The molecule has 20 heavy (non-hydrogen) atoms. The molecule has 2 rings (SSSR count). The van der Waals surface area contributed by atoms with Crippen molar-refractivity contribution in [1.29, 1.82) is 0 Å². The number of hydrogen-bond donors (Lipinski definition) is 1. The van der Waals surface area contributed by atoms with Crippen LogP contribution in [-0.4, -0.2) is 21.6 Å². The number of thioether (sulfide) groups is 1. The van der Waals surface area contributed by atoms with E-state index in [1.54, 1.807) is 18.5 Å². The van der Waals surface area contributed by atoms with Gasteiger partial charge in [-0.05, 0) is 50.1 Å². The van der Waals surface area contributed by atoms with Crippen LogP contribution < -0.4 is 5.32 Å². The Hall–Kier alpha value is -0.920. The zero-order valence-electron chi connectivity index (χ0n) is 10.3. The van der Waals surface area contributed by atoms with Crippen molar-refractivity contribution in [3.8, 4) is 0 Å². The van der Waals surface area contributed by atoms with Crippen LogP contribution in [0, 0.1) is 0 Å². The molecule has 104 valence electrons. The highest BCUT2D eigenvalue weighted by atomic mass is 79.9. The molecule has 0 aliphatic heterocycles. The summed E-state index contributed by atoms with van der Waals surface area (Å²) in [7, 11) is 0. The first kappa shape index (κ1) is 15.5. The van der Waals surface area contributed by atoms with Gasteiger partial charge in [0.25, 0.3) is 0 Å². The third-order valence-corrected chi connectivity index (χ3v) is 5.02. The van der Waals surface area contributed by atoms with Crippen LogP contribution >= 0.6 is 43.6 Å². The summed E-state index contributed by atoms with van der Waals surface area (Å²) in [5.41, 5.74) is 1.64. The maximum Gasteiger partial charge on any atom is 0.234 e. The summed E-state index contributed by atoms with van der Waals surface area (Å²) in [5.74, 6) is 1.04. The van der Waals surface area contributed by atoms with Crippen molar-refractivity contribution >= 4 is 55.2 Å². The maximum absolute atomic E-state index is 11.8. The van der Waals surface area contributed by atoms with Crippen LogP contribution in [0.5, 0.6) is 0 Å². The maximum atomic E-state index is 11.8. The topological polar surface area (TPSA) is 54.9 Å². The van der Waals surface area contributed by atoms with Gasteiger partial charge in [-0.25, -0.2) is 4.98 Å². The summed E-state index contributed by atoms with van der Waals surface area (Å²) in [5, 5.41) is 2.80. The molecule has 1 N–H and O–H groups in total. The number of anilines is 1. The number of nitrogens with one attached hydrogen (secondary N) is 1. The number of hydrogen-bond acceptors (Lipinski definition) is 4. The molecule has 0 bridgehead atoms. The van der Waals surface area contributed by atoms with Gasteiger partial charge in [0.2, 0.25) is 5.91 Å². The second-order valence-electron chi connectivity index (χ2n) is 3.86.